The van der Waals surface area contributed by atoms with Crippen LogP contribution in [-0.2, 0) is 26.2 Å². The monoisotopic (exact) mass is 467 g/mol. The third-order valence-electron chi connectivity index (χ3n) is 5.24. The van der Waals surface area contributed by atoms with E-state index >= 15 is 0 Å². The molecule has 3 rings (SSSR count). The SMILES string of the molecule is CCS(=O)(=O)N1CC(=O)N(c2ccc(Cl)cc2)[C@@](C)(C(=O)NCc2ccc(F)cc2)C1. The van der Waals surface area contributed by atoms with Crippen LogP contribution < -0.4 is 10.2 Å². The molecule has 2 amide bonds. The number of carbonyl (C=O) groups excluding carboxylic acids is 2. The minimum absolute atomic E-state index is 0.0951. The molecule has 1 atom stereocenters. The highest BCUT2D eigenvalue weighted by atomic mass is 35.5. The van der Waals surface area contributed by atoms with E-state index in [1.807, 2.05) is 0 Å². The minimum Gasteiger partial charge on any atom is -0.350 e. The van der Waals surface area contributed by atoms with E-state index in [1.165, 1.54) is 43.0 Å². The molecule has 0 saturated carbocycles. The summed E-state index contributed by atoms with van der Waals surface area (Å²) < 4.78 is 39.1. The van der Waals surface area contributed by atoms with Crippen molar-refractivity contribution in [3.8, 4) is 0 Å². The van der Waals surface area contributed by atoms with Crippen molar-refractivity contribution in [1.29, 1.82) is 0 Å². The lowest BCUT2D eigenvalue weighted by molar-refractivity contribution is -0.133. The van der Waals surface area contributed by atoms with Gasteiger partial charge in [-0.15, -0.1) is 0 Å². The molecule has 0 spiro atoms. The Morgan fingerprint density at radius 3 is 2.35 bits per heavy atom. The van der Waals surface area contributed by atoms with E-state index in [0.717, 1.165) is 4.31 Å². The predicted molar refractivity (Wildman–Crippen MR) is 117 cm³/mol. The van der Waals surface area contributed by atoms with Gasteiger partial charge >= 0.3 is 0 Å². The number of sulfonamides is 1. The van der Waals surface area contributed by atoms with Crippen molar-refractivity contribution in [2.75, 3.05) is 23.7 Å². The second-order valence-electron chi connectivity index (χ2n) is 7.46. The van der Waals surface area contributed by atoms with Gasteiger partial charge in [-0.3, -0.25) is 14.5 Å². The third kappa shape index (κ3) is 4.89. The van der Waals surface area contributed by atoms with Gasteiger partial charge in [-0.1, -0.05) is 23.7 Å². The molecule has 1 heterocycles. The van der Waals surface area contributed by atoms with E-state index in [9.17, 15) is 22.4 Å². The summed E-state index contributed by atoms with van der Waals surface area (Å²) in [6.07, 6.45) is 0. The quantitative estimate of drug-likeness (QED) is 0.707. The summed E-state index contributed by atoms with van der Waals surface area (Å²) in [7, 11) is -3.70. The van der Waals surface area contributed by atoms with Gasteiger partial charge < -0.3 is 5.32 Å². The molecule has 7 nitrogen and oxygen atoms in total. The van der Waals surface area contributed by atoms with Gasteiger partial charge in [0, 0.05) is 23.8 Å². The van der Waals surface area contributed by atoms with Crippen molar-refractivity contribution in [3.05, 3.63) is 64.9 Å². The molecule has 1 aliphatic rings. The van der Waals surface area contributed by atoms with Crippen molar-refractivity contribution in [2.24, 2.45) is 0 Å². The van der Waals surface area contributed by atoms with Crippen molar-refractivity contribution in [2.45, 2.75) is 25.9 Å². The van der Waals surface area contributed by atoms with Crippen LogP contribution in [0.15, 0.2) is 48.5 Å². The van der Waals surface area contributed by atoms with Crippen LogP contribution in [0.4, 0.5) is 10.1 Å². The molecule has 166 valence electrons. The Morgan fingerprint density at radius 2 is 1.77 bits per heavy atom. The smallest absolute Gasteiger partial charge is 0.247 e. The zero-order valence-corrected chi connectivity index (χ0v) is 18.7. The van der Waals surface area contributed by atoms with Gasteiger partial charge in [-0.05, 0) is 55.8 Å². The maximum absolute atomic E-state index is 13.3. The zero-order chi connectivity index (χ0) is 22.8. The summed E-state index contributed by atoms with van der Waals surface area (Å²) in [6.45, 7) is 2.54. The second kappa shape index (κ2) is 8.94. The molecular weight excluding hydrogens is 445 g/mol. The second-order valence-corrected chi connectivity index (χ2v) is 10.2. The Kier molecular flexibility index (Phi) is 6.68. The number of rotatable bonds is 6. The van der Waals surface area contributed by atoms with Gasteiger partial charge in [0.1, 0.15) is 11.4 Å². The average Bonchev–Trinajstić information content (AvgIpc) is 2.74. The van der Waals surface area contributed by atoms with E-state index in [4.69, 9.17) is 11.6 Å². The summed E-state index contributed by atoms with van der Waals surface area (Å²) in [6, 6.07) is 12.0. The molecule has 0 unspecified atom stereocenters. The van der Waals surface area contributed by atoms with Crippen LogP contribution in [0.1, 0.15) is 19.4 Å². The number of nitrogens with one attached hydrogen (secondary N) is 1. The lowest BCUT2D eigenvalue weighted by Crippen LogP contribution is -2.70. The Balaban J connectivity index is 1.94. The number of hydrogen-bond acceptors (Lipinski definition) is 4. The van der Waals surface area contributed by atoms with Crippen LogP contribution in [0.3, 0.4) is 0 Å². The number of anilines is 1. The standard InChI is InChI=1S/C21H23ClFN3O4S/c1-3-31(29,30)25-13-19(27)26(18-10-6-16(22)7-11-18)21(2,14-25)20(28)24-12-15-4-8-17(23)9-5-15/h4-11H,3,12-14H2,1-2H3,(H,24,28)/t21-/m1/s1. The lowest BCUT2D eigenvalue weighted by Gasteiger charge is -2.46. The van der Waals surface area contributed by atoms with Crippen LogP contribution in [0, 0.1) is 5.82 Å². The predicted octanol–water partition coefficient (Wildman–Crippen LogP) is 2.55. The molecule has 0 aromatic heterocycles. The summed E-state index contributed by atoms with van der Waals surface area (Å²) >= 11 is 5.95. The summed E-state index contributed by atoms with van der Waals surface area (Å²) in [5.74, 6) is -1.63. The molecule has 1 saturated heterocycles. The number of benzene rings is 2. The minimum atomic E-state index is -3.70. The van der Waals surface area contributed by atoms with E-state index in [2.05, 4.69) is 5.32 Å². The summed E-state index contributed by atoms with van der Waals surface area (Å²) in [5.41, 5.74) is -0.412. The highest BCUT2D eigenvalue weighted by Gasteiger charge is 2.50. The van der Waals surface area contributed by atoms with Crippen LogP contribution in [0.25, 0.3) is 0 Å². The summed E-state index contributed by atoms with van der Waals surface area (Å²) in [4.78, 5) is 27.7. The highest BCUT2D eigenvalue weighted by molar-refractivity contribution is 7.89. The first kappa shape index (κ1) is 23.2. The molecule has 1 N–H and O–H groups in total. The van der Waals surface area contributed by atoms with E-state index in [-0.39, 0.29) is 25.4 Å². The normalized spacial score (nSPS) is 20.0. The lowest BCUT2D eigenvalue weighted by atomic mass is 9.94. The molecule has 0 aliphatic carbocycles. The maximum Gasteiger partial charge on any atom is 0.247 e. The Hall–Kier alpha value is -2.49. The number of halogens is 2. The van der Waals surface area contributed by atoms with Crippen molar-refractivity contribution < 1.29 is 22.4 Å². The van der Waals surface area contributed by atoms with Gasteiger partial charge in [-0.2, -0.15) is 4.31 Å². The number of nitrogens with zero attached hydrogens (tertiary/aromatic N) is 2. The van der Waals surface area contributed by atoms with Gasteiger partial charge in [0.2, 0.25) is 21.8 Å². The fourth-order valence-corrected chi connectivity index (χ4v) is 4.76. The molecule has 0 bridgehead atoms. The van der Waals surface area contributed by atoms with Crippen molar-refractivity contribution in [3.63, 3.8) is 0 Å². The van der Waals surface area contributed by atoms with Crippen LogP contribution in [-0.4, -0.2) is 48.9 Å². The van der Waals surface area contributed by atoms with Crippen LogP contribution >= 0.6 is 11.6 Å². The average molecular weight is 468 g/mol. The molecule has 1 fully saturated rings. The van der Waals surface area contributed by atoms with Crippen molar-refractivity contribution >= 4 is 39.1 Å². The molecule has 0 radical (unpaired) electrons. The Morgan fingerprint density at radius 1 is 1.16 bits per heavy atom. The fourth-order valence-electron chi connectivity index (χ4n) is 3.51. The largest absolute Gasteiger partial charge is 0.350 e. The molecular formula is C21H23ClFN3O4S. The van der Waals surface area contributed by atoms with Gasteiger partial charge in [0.15, 0.2) is 0 Å². The molecule has 10 heteroatoms. The third-order valence-corrected chi connectivity index (χ3v) is 7.26. The number of amides is 2. The Labute approximate surface area is 185 Å². The zero-order valence-electron chi connectivity index (χ0n) is 17.1. The first-order valence-electron chi connectivity index (χ1n) is 9.66. The van der Waals surface area contributed by atoms with Crippen LogP contribution in [0.2, 0.25) is 5.02 Å². The Bertz CT molecular complexity index is 1080. The van der Waals surface area contributed by atoms with Crippen LogP contribution in [0.5, 0.6) is 0 Å². The van der Waals surface area contributed by atoms with Gasteiger partial charge in [0.25, 0.3) is 0 Å². The number of hydrogen-bond donors (Lipinski definition) is 1. The first-order valence-corrected chi connectivity index (χ1v) is 11.6. The molecule has 2 aromatic carbocycles. The molecule has 31 heavy (non-hydrogen) atoms. The molecule has 1 aliphatic heterocycles. The maximum atomic E-state index is 13.3. The van der Waals surface area contributed by atoms with E-state index in [0.29, 0.717) is 16.3 Å². The van der Waals surface area contributed by atoms with Gasteiger partial charge in [0.05, 0.1) is 12.3 Å². The first-order chi connectivity index (χ1) is 14.6. The number of carbonyl (C=O) groups is 2. The highest BCUT2D eigenvalue weighted by Crippen LogP contribution is 2.31. The van der Waals surface area contributed by atoms with Crippen molar-refractivity contribution in [1.82, 2.24) is 9.62 Å². The molecule has 2 aromatic rings. The van der Waals surface area contributed by atoms with E-state index < -0.39 is 33.2 Å². The van der Waals surface area contributed by atoms with E-state index in [1.54, 1.807) is 24.3 Å². The number of piperazine rings is 1. The fraction of sp³-hybridized carbons (Fsp3) is 0.333. The van der Waals surface area contributed by atoms with Gasteiger partial charge in [-0.25, -0.2) is 12.8 Å². The topological polar surface area (TPSA) is 86.8 Å². The summed E-state index contributed by atoms with van der Waals surface area (Å²) in [5, 5.41) is 3.21.